The van der Waals surface area contributed by atoms with Crippen LogP contribution in [0, 0.1) is 0 Å². The van der Waals surface area contributed by atoms with Gasteiger partial charge in [0.05, 0.1) is 0 Å². The first-order valence-corrected chi connectivity index (χ1v) is 5.70. The van der Waals surface area contributed by atoms with Crippen LogP contribution in [-0.2, 0) is 0 Å². The molecule has 0 saturated heterocycles. The number of aromatic nitrogens is 1. The molecule has 0 aliphatic heterocycles. The SMILES string of the molecule is c1csc(-c2cncc3ccccc23)c1. The van der Waals surface area contributed by atoms with Gasteiger partial charge in [0.1, 0.15) is 0 Å². The van der Waals surface area contributed by atoms with Crippen LogP contribution in [0.25, 0.3) is 21.2 Å². The molecule has 0 bridgehead atoms. The second-order valence-electron chi connectivity index (χ2n) is 3.39. The molecule has 15 heavy (non-hydrogen) atoms. The highest BCUT2D eigenvalue weighted by atomic mass is 32.1. The molecule has 0 radical (unpaired) electrons. The lowest BCUT2D eigenvalue weighted by Crippen LogP contribution is -1.80. The summed E-state index contributed by atoms with van der Waals surface area (Å²) in [5.41, 5.74) is 1.23. The molecule has 0 spiro atoms. The van der Waals surface area contributed by atoms with Crippen molar-refractivity contribution in [2.24, 2.45) is 0 Å². The van der Waals surface area contributed by atoms with Crippen molar-refractivity contribution in [3.63, 3.8) is 0 Å². The maximum atomic E-state index is 4.28. The molecule has 2 aromatic heterocycles. The highest BCUT2D eigenvalue weighted by Crippen LogP contribution is 2.30. The number of rotatable bonds is 1. The first-order chi connectivity index (χ1) is 7.45. The topological polar surface area (TPSA) is 12.9 Å². The smallest absolute Gasteiger partial charge is 0.0364 e. The average molecular weight is 211 g/mol. The number of thiophene rings is 1. The van der Waals surface area contributed by atoms with Crippen molar-refractivity contribution < 1.29 is 0 Å². The lowest BCUT2D eigenvalue weighted by molar-refractivity contribution is 1.37. The molecule has 72 valence electrons. The normalized spacial score (nSPS) is 10.7. The average Bonchev–Trinajstić information content (AvgIpc) is 2.82. The molecule has 0 N–H and O–H groups in total. The number of pyridine rings is 1. The van der Waals surface area contributed by atoms with Crippen molar-refractivity contribution in [3.05, 3.63) is 54.2 Å². The Balaban J connectivity index is 2.36. The van der Waals surface area contributed by atoms with E-state index >= 15 is 0 Å². The van der Waals surface area contributed by atoms with E-state index in [4.69, 9.17) is 0 Å². The zero-order valence-corrected chi connectivity index (χ0v) is 8.87. The van der Waals surface area contributed by atoms with Gasteiger partial charge in [-0.3, -0.25) is 4.98 Å². The van der Waals surface area contributed by atoms with Gasteiger partial charge in [-0.15, -0.1) is 11.3 Å². The van der Waals surface area contributed by atoms with Crippen LogP contribution in [-0.4, -0.2) is 4.98 Å². The van der Waals surface area contributed by atoms with Gasteiger partial charge < -0.3 is 0 Å². The van der Waals surface area contributed by atoms with Crippen LogP contribution in [0.5, 0.6) is 0 Å². The summed E-state index contributed by atoms with van der Waals surface area (Å²) in [6, 6.07) is 12.6. The number of hydrogen-bond donors (Lipinski definition) is 0. The maximum absolute atomic E-state index is 4.28. The molecule has 0 atom stereocenters. The molecule has 0 aliphatic rings. The molecule has 1 nitrogen and oxygen atoms in total. The van der Waals surface area contributed by atoms with E-state index in [1.54, 1.807) is 11.3 Å². The number of hydrogen-bond acceptors (Lipinski definition) is 2. The van der Waals surface area contributed by atoms with E-state index in [1.807, 2.05) is 18.5 Å². The van der Waals surface area contributed by atoms with Gasteiger partial charge >= 0.3 is 0 Å². The zero-order chi connectivity index (χ0) is 10.1. The van der Waals surface area contributed by atoms with Crippen molar-refractivity contribution in [2.45, 2.75) is 0 Å². The monoisotopic (exact) mass is 211 g/mol. The van der Waals surface area contributed by atoms with E-state index in [0.717, 1.165) is 0 Å². The Kier molecular flexibility index (Phi) is 2.00. The van der Waals surface area contributed by atoms with Gasteiger partial charge in [0.15, 0.2) is 0 Å². The summed E-state index contributed by atoms with van der Waals surface area (Å²) in [6.45, 7) is 0. The van der Waals surface area contributed by atoms with Gasteiger partial charge in [-0.1, -0.05) is 30.3 Å². The van der Waals surface area contributed by atoms with Gasteiger partial charge in [-0.25, -0.2) is 0 Å². The predicted octanol–water partition coefficient (Wildman–Crippen LogP) is 3.96. The first kappa shape index (κ1) is 8.62. The summed E-state index contributed by atoms with van der Waals surface area (Å²) in [7, 11) is 0. The summed E-state index contributed by atoms with van der Waals surface area (Å²) in [5.74, 6) is 0. The molecule has 2 heterocycles. The molecule has 2 heteroatoms. The summed E-state index contributed by atoms with van der Waals surface area (Å²) < 4.78 is 0. The third-order valence-corrected chi connectivity index (χ3v) is 3.36. The van der Waals surface area contributed by atoms with Gasteiger partial charge in [-0.2, -0.15) is 0 Å². The highest BCUT2D eigenvalue weighted by molar-refractivity contribution is 7.13. The third kappa shape index (κ3) is 1.43. The summed E-state index contributed by atoms with van der Waals surface area (Å²) >= 11 is 1.75. The van der Waals surface area contributed by atoms with Crippen LogP contribution < -0.4 is 0 Å². The molecule has 3 aromatic rings. The summed E-state index contributed by atoms with van der Waals surface area (Å²) in [4.78, 5) is 5.55. The van der Waals surface area contributed by atoms with Gasteiger partial charge in [0, 0.05) is 28.2 Å². The van der Waals surface area contributed by atoms with Crippen molar-refractivity contribution in [1.29, 1.82) is 0 Å². The zero-order valence-electron chi connectivity index (χ0n) is 8.05. The van der Waals surface area contributed by atoms with Crippen LogP contribution in [0.4, 0.5) is 0 Å². The largest absolute Gasteiger partial charge is 0.263 e. The van der Waals surface area contributed by atoms with Crippen LogP contribution in [0.2, 0.25) is 0 Å². The fraction of sp³-hybridized carbons (Fsp3) is 0. The summed E-state index contributed by atoms with van der Waals surface area (Å²) in [6.07, 6.45) is 3.85. The Labute approximate surface area is 92.0 Å². The number of nitrogens with zero attached hydrogens (tertiary/aromatic N) is 1. The van der Waals surface area contributed by atoms with Crippen LogP contribution in [0.15, 0.2) is 54.2 Å². The molecular weight excluding hydrogens is 202 g/mol. The minimum Gasteiger partial charge on any atom is -0.263 e. The molecule has 0 aliphatic carbocycles. The molecular formula is C13H9NS. The second kappa shape index (κ2) is 3.48. The maximum Gasteiger partial charge on any atom is 0.0364 e. The molecule has 0 saturated carbocycles. The van der Waals surface area contributed by atoms with Gasteiger partial charge in [0.25, 0.3) is 0 Å². The quantitative estimate of drug-likeness (QED) is 0.593. The predicted molar refractivity (Wildman–Crippen MR) is 65.1 cm³/mol. The fourth-order valence-corrected chi connectivity index (χ4v) is 2.50. The van der Waals surface area contributed by atoms with Crippen LogP contribution in [0.1, 0.15) is 0 Å². The van der Waals surface area contributed by atoms with Crippen LogP contribution >= 0.6 is 11.3 Å². The lowest BCUT2D eigenvalue weighted by Gasteiger charge is -2.02. The first-order valence-electron chi connectivity index (χ1n) is 4.82. The van der Waals surface area contributed by atoms with Crippen molar-refractivity contribution in [2.75, 3.05) is 0 Å². The molecule has 0 unspecified atom stereocenters. The highest BCUT2D eigenvalue weighted by Gasteiger charge is 2.03. The minimum absolute atomic E-state index is 1.20. The van der Waals surface area contributed by atoms with Crippen molar-refractivity contribution in [1.82, 2.24) is 4.98 Å². The van der Waals surface area contributed by atoms with Gasteiger partial charge in [0.2, 0.25) is 0 Å². The molecule has 3 rings (SSSR count). The Hall–Kier alpha value is -1.67. The minimum atomic E-state index is 1.20. The molecule has 1 aromatic carbocycles. The number of fused-ring (bicyclic) bond motifs is 1. The van der Waals surface area contributed by atoms with Gasteiger partial charge in [-0.05, 0) is 16.8 Å². The standard InChI is InChI=1S/C13H9NS/c1-2-5-11-10(4-1)8-14-9-12(11)13-6-3-7-15-13/h1-9H. The van der Waals surface area contributed by atoms with E-state index in [9.17, 15) is 0 Å². The second-order valence-corrected chi connectivity index (χ2v) is 4.33. The molecule has 0 amide bonds. The summed E-state index contributed by atoms with van der Waals surface area (Å²) in [5, 5.41) is 4.57. The Morgan fingerprint density at radius 1 is 0.933 bits per heavy atom. The fourth-order valence-electron chi connectivity index (χ4n) is 1.74. The Morgan fingerprint density at radius 2 is 1.87 bits per heavy atom. The lowest BCUT2D eigenvalue weighted by atomic mass is 10.1. The number of benzene rings is 1. The van der Waals surface area contributed by atoms with E-state index < -0.39 is 0 Å². The van der Waals surface area contributed by atoms with E-state index in [-0.39, 0.29) is 0 Å². The molecule has 0 fully saturated rings. The van der Waals surface area contributed by atoms with E-state index in [0.29, 0.717) is 0 Å². The van der Waals surface area contributed by atoms with E-state index in [1.165, 1.54) is 21.2 Å². The van der Waals surface area contributed by atoms with Crippen LogP contribution in [0.3, 0.4) is 0 Å². The Bertz CT molecular complexity index is 579. The Morgan fingerprint density at radius 3 is 2.73 bits per heavy atom. The van der Waals surface area contributed by atoms with Crippen molar-refractivity contribution >= 4 is 22.1 Å². The van der Waals surface area contributed by atoms with Crippen molar-refractivity contribution in [3.8, 4) is 10.4 Å². The van der Waals surface area contributed by atoms with E-state index in [2.05, 4.69) is 40.7 Å². The third-order valence-electron chi connectivity index (χ3n) is 2.45.